The third-order valence-corrected chi connectivity index (χ3v) is 3.20. The maximum Gasteiger partial charge on any atom is 0.243 e. The summed E-state index contributed by atoms with van der Waals surface area (Å²) in [4.78, 5) is 15.1. The first-order valence-electron chi connectivity index (χ1n) is 4.47. The minimum Gasteiger partial charge on any atom is -0.507 e. The van der Waals surface area contributed by atoms with Crippen LogP contribution in [0.15, 0.2) is 29.3 Å². The lowest BCUT2D eigenvalue weighted by atomic mass is 10.2. The van der Waals surface area contributed by atoms with Crippen LogP contribution < -0.4 is 5.73 Å². The second kappa shape index (κ2) is 3.94. The molecule has 1 aliphatic heterocycles. The molecule has 1 heterocycles. The molecule has 0 aromatic heterocycles. The number of hydrogen-bond acceptors (Lipinski definition) is 4. The molecule has 0 saturated heterocycles. The van der Waals surface area contributed by atoms with Gasteiger partial charge < -0.3 is 10.8 Å². The molecule has 0 fully saturated rings. The number of para-hydroxylation sites is 1. The van der Waals surface area contributed by atoms with Gasteiger partial charge in [0.05, 0.1) is 0 Å². The molecule has 1 amide bonds. The highest BCUT2D eigenvalue weighted by Gasteiger charge is 2.24. The zero-order valence-electron chi connectivity index (χ0n) is 7.88. The van der Waals surface area contributed by atoms with Crippen LogP contribution in [0.4, 0.5) is 0 Å². The van der Waals surface area contributed by atoms with Crippen LogP contribution in [-0.4, -0.2) is 27.9 Å². The van der Waals surface area contributed by atoms with Gasteiger partial charge in [0, 0.05) is 11.3 Å². The Labute approximate surface area is 91.2 Å². The summed E-state index contributed by atoms with van der Waals surface area (Å²) in [6.45, 7) is 0. The fourth-order valence-electron chi connectivity index (χ4n) is 1.32. The molecular weight excluding hydrogens is 212 g/mol. The van der Waals surface area contributed by atoms with E-state index in [0.717, 1.165) is 0 Å². The van der Waals surface area contributed by atoms with Crippen LogP contribution >= 0.6 is 11.8 Å². The van der Waals surface area contributed by atoms with Gasteiger partial charge in [-0.15, -0.1) is 11.8 Å². The Morgan fingerprint density at radius 2 is 2.27 bits per heavy atom. The molecule has 4 nitrogen and oxygen atoms in total. The van der Waals surface area contributed by atoms with Gasteiger partial charge in [0.2, 0.25) is 5.91 Å². The number of carbonyl (C=O) groups excluding carboxylic acids is 1. The Kier molecular flexibility index (Phi) is 2.64. The number of aromatic hydroxyl groups is 1. The van der Waals surface area contributed by atoms with Gasteiger partial charge >= 0.3 is 0 Å². The van der Waals surface area contributed by atoms with E-state index in [1.54, 1.807) is 18.2 Å². The average molecular weight is 222 g/mol. The molecule has 0 aliphatic carbocycles. The molecule has 1 aromatic carbocycles. The topological polar surface area (TPSA) is 75.7 Å². The lowest BCUT2D eigenvalue weighted by molar-refractivity contribution is -0.118. The summed E-state index contributed by atoms with van der Waals surface area (Å²) in [7, 11) is 0. The molecule has 78 valence electrons. The molecule has 3 N–H and O–H groups in total. The third kappa shape index (κ3) is 1.97. The van der Waals surface area contributed by atoms with Crippen molar-refractivity contribution in [1.29, 1.82) is 0 Å². The summed E-state index contributed by atoms with van der Waals surface area (Å²) in [5.74, 6) is 0.306. The van der Waals surface area contributed by atoms with Crippen molar-refractivity contribution < 1.29 is 9.90 Å². The normalized spacial score (nSPS) is 20.0. The molecule has 1 atom stereocenters. The Bertz CT molecular complexity index is 431. The number of thioether (sulfide) groups is 1. The lowest BCUT2D eigenvalue weighted by Crippen LogP contribution is -2.26. The highest BCUT2D eigenvalue weighted by atomic mass is 32.2. The number of nitrogens with zero attached hydrogens (tertiary/aromatic N) is 1. The van der Waals surface area contributed by atoms with Crippen molar-refractivity contribution in [3.05, 3.63) is 29.8 Å². The molecule has 5 heteroatoms. The molecule has 1 aromatic rings. The minimum absolute atomic E-state index is 0.175. The van der Waals surface area contributed by atoms with Crippen LogP contribution in [0.1, 0.15) is 5.56 Å². The van der Waals surface area contributed by atoms with Crippen LogP contribution in [0.2, 0.25) is 0 Å². The van der Waals surface area contributed by atoms with E-state index in [-0.39, 0.29) is 5.75 Å². The summed E-state index contributed by atoms with van der Waals surface area (Å²) < 4.78 is 0. The van der Waals surface area contributed by atoms with Crippen molar-refractivity contribution in [2.75, 3.05) is 5.75 Å². The van der Waals surface area contributed by atoms with Gasteiger partial charge in [-0.3, -0.25) is 9.79 Å². The highest BCUT2D eigenvalue weighted by molar-refractivity contribution is 8.14. The van der Waals surface area contributed by atoms with Crippen molar-refractivity contribution in [3.8, 4) is 5.75 Å². The van der Waals surface area contributed by atoms with E-state index in [1.165, 1.54) is 11.8 Å². The van der Waals surface area contributed by atoms with Crippen LogP contribution in [0.25, 0.3) is 0 Å². The maximum atomic E-state index is 10.9. The van der Waals surface area contributed by atoms with Crippen LogP contribution in [0, 0.1) is 0 Å². The van der Waals surface area contributed by atoms with Gasteiger partial charge in [-0.05, 0) is 12.1 Å². The summed E-state index contributed by atoms with van der Waals surface area (Å²) in [6.07, 6.45) is 0. The molecule has 0 bridgehead atoms. The van der Waals surface area contributed by atoms with Crippen molar-refractivity contribution in [2.45, 2.75) is 6.04 Å². The molecule has 0 saturated carbocycles. The molecule has 0 radical (unpaired) electrons. The number of amides is 1. The van der Waals surface area contributed by atoms with Crippen LogP contribution in [0.3, 0.4) is 0 Å². The third-order valence-electron chi connectivity index (χ3n) is 2.11. The number of carbonyl (C=O) groups is 1. The monoisotopic (exact) mass is 222 g/mol. The van der Waals surface area contributed by atoms with E-state index in [1.807, 2.05) is 6.07 Å². The van der Waals surface area contributed by atoms with Crippen molar-refractivity contribution in [1.82, 2.24) is 0 Å². The van der Waals surface area contributed by atoms with E-state index in [9.17, 15) is 9.90 Å². The molecule has 2 rings (SSSR count). The fourth-order valence-corrected chi connectivity index (χ4v) is 2.41. The molecule has 0 unspecified atom stereocenters. The van der Waals surface area contributed by atoms with Crippen LogP contribution in [-0.2, 0) is 4.79 Å². The summed E-state index contributed by atoms with van der Waals surface area (Å²) in [5, 5.41) is 10.3. The quantitative estimate of drug-likeness (QED) is 0.775. The summed E-state index contributed by atoms with van der Waals surface area (Å²) >= 11 is 1.44. The lowest BCUT2D eigenvalue weighted by Gasteiger charge is -2.01. The second-order valence-electron chi connectivity index (χ2n) is 3.18. The highest BCUT2D eigenvalue weighted by Crippen LogP contribution is 2.28. The van der Waals surface area contributed by atoms with Crippen LogP contribution in [0.5, 0.6) is 5.75 Å². The SMILES string of the molecule is NC(=O)[C@@H]1CSC(c2ccccc2O)=N1. The number of rotatable bonds is 2. The Morgan fingerprint density at radius 3 is 2.87 bits per heavy atom. The first kappa shape index (κ1) is 10.0. The number of phenols is 1. The number of phenolic OH excluding ortho intramolecular Hbond substituents is 1. The number of nitrogens with two attached hydrogens (primary N) is 1. The second-order valence-corrected chi connectivity index (χ2v) is 4.19. The smallest absolute Gasteiger partial charge is 0.243 e. The zero-order valence-corrected chi connectivity index (χ0v) is 8.70. The van der Waals surface area contributed by atoms with Gasteiger partial charge in [-0.1, -0.05) is 12.1 Å². The summed E-state index contributed by atoms with van der Waals surface area (Å²) in [6, 6.07) is 6.45. The Hall–Kier alpha value is -1.49. The predicted molar refractivity (Wildman–Crippen MR) is 60.1 cm³/mol. The standard InChI is InChI=1S/C10H10N2O2S/c11-9(14)7-5-15-10(12-7)6-3-1-2-4-8(6)13/h1-4,7,13H,5H2,(H2,11,14)/t7-/m0/s1. The predicted octanol–water partition coefficient (Wildman–Crippen LogP) is 0.739. The minimum atomic E-state index is -0.468. The molecule has 1 aliphatic rings. The fraction of sp³-hybridized carbons (Fsp3) is 0.200. The Balaban J connectivity index is 2.30. The van der Waals surface area contributed by atoms with Gasteiger partial charge in [0.1, 0.15) is 16.8 Å². The van der Waals surface area contributed by atoms with Gasteiger partial charge in [-0.2, -0.15) is 0 Å². The van der Waals surface area contributed by atoms with E-state index in [0.29, 0.717) is 16.4 Å². The molecule has 0 spiro atoms. The maximum absolute atomic E-state index is 10.9. The van der Waals surface area contributed by atoms with E-state index >= 15 is 0 Å². The number of aliphatic imine (C=N–C) groups is 1. The van der Waals surface area contributed by atoms with Crippen molar-refractivity contribution in [3.63, 3.8) is 0 Å². The zero-order chi connectivity index (χ0) is 10.8. The average Bonchev–Trinajstić information content (AvgIpc) is 2.67. The van der Waals surface area contributed by atoms with Gasteiger partial charge in [0.15, 0.2) is 0 Å². The van der Waals surface area contributed by atoms with E-state index < -0.39 is 11.9 Å². The van der Waals surface area contributed by atoms with E-state index in [4.69, 9.17) is 5.73 Å². The number of benzene rings is 1. The van der Waals surface area contributed by atoms with Gasteiger partial charge in [0.25, 0.3) is 0 Å². The van der Waals surface area contributed by atoms with Crippen molar-refractivity contribution in [2.24, 2.45) is 10.7 Å². The Morgan fingerprint density at radius 1 is 1.53 bits per heavy atom. The largest absolute Gasteiger partial charge is 0.507 e. The first-order chi connectivity index (χ1) is 7.18. The number of primary amides is 1. The van der Waals surface area contributed by atoms with Gasteiger partial charge in [-0.25, -0.2) is 0 Å². The van der Waals surface area contributed by atoms with Crippen molar-refractivity contribution >= 4 is 22.7 Å². The summed E-state index contributed by atoms with van der Waals surface area (Å²) in [5.41, 5.74) is 5.81. The number of hydrogen-bond donors (Lipinski definition) is 2. The first-order valence-corrected chi connectivity index (χ1v) is 5.45. The molecular formula is C10H10N2O2S. The molecule has 15 heavy (non-hydrogen) atoms. The van der Waals surface area contributed by atoms with E-state index in [2.05, 4.69) is 4.99 Å².